The summed E-state index contributed by atoms with van der Waals surface area (Å²) < 4.78 is 5.75. The van der Waals surface area contributed by atoms with Gasteiger partial charge < -0.3 is 16.2 Å². The van der Waals surface area contributed by atoms with E-state index in [1.807, 2.05) is 26.0 Å². The van der Waals surface area contributed by atoms with Gasteiger partial charge in [0.2, 0.25) is 11.9 Å². The zero-order chi connectivity index (χ0) is 18.7. The standard InChI is InChI=1S/C18H29N5O2.BrH/c1-17(2,3)13-7-9-14(10-8-13)24-11-6-12-25-23-16(20)21-15(19)22-18(23,4)5;/h7-10H,6,11-12H2,1-5H3,(H4,19,20,21,22);1H. The second-order valence-corrected chi connectivity index (χ2v) is 7.54. The maximum absolute atomic E-state index is 5.86. The van der Waals surface area contributed by atoms with Gasteiger partial charge in [-0.1, -0.05) is 32.9 Å². The van der Waals surface area contributed by atoms with Gasteiger partial charge in [-0.3, -0.25) is 4.84 Å². The lowest BCUT2D eigenvalue weighted by Gasteiger charge is -2.36. The maximum Gasteiger partial charge on any atom is 0.226 e. The number of rotatable bonds is 6. The molecule has 0 saturated heterocycles. The van der Waals surface area contributed by atoms with Gasteiger partial charge in [0.15, 0.2) is 5.66 Å². The summed E-state index contributed by atoms with van der Waals surface area (Å²) in [5, 5.41) is 1.47. The zero-order valence-electron chi connectivity index (χ0n) is 16.2. The van der Waals surface area contributed by atoms with Crippen LogP contribution < -0.4 is 16.2 Å². The van der Waals surface area contributed by atoms with E-state index in [2.05, 4.69) is 42.9 Å². The number of hydroxylamine groups is 2. The molecule has 0 amide bonds. The van der Waals surface area contributed by atoms with Crippen LogP contribution in [0.2, 0.25) is 0 Å². The van der Waals surface area contributed by atoms with Crippen LogP contribution in [0.25, 0.3) is 0 Å². The first-order valence-corrected chi connectivity index (χ1v) is 8.45. The number of benzene rings is 1. The average molecular weight is 428 g/mol. The molecule has 0 bridgehead atoms. The Morgan fingerprint density at radius 2 is 1.69 bits per heavy atom. The van der Waals surface area contributed by atoms with Gasteiger partial charge in [-0.25, -0.2) is 4.99 Å². The first kappa shape index (κ1) is 22.2. The lowest BCUT2D eigenvalue weighted by atomic mass is 9.87. The van der Waals surface area contributed by atoms with E-state index in [0.717, 1.165) is 5.75 Å². The van der Waals surface area contributed by atoms with Gasteiger partial charge in [-0.2, -0.15) is 10.1 Å². The van der Waals surface area contributed by atoms with Crippen LogP contribution in [0.5, 0.6) is 5.75 Å². The average Bonchev–Trinajstić information content (AvgIpc) is 2.48. The van der Waals surface area contributed by atoms with Crippen LogP contribution >= 0.6 is 17.0 Å². The number of aliphatic imine (C=N–C) groups is 2. The highest BCUT2D eigenvalue weighted by atomic mass is 79.9. The highest BCUT2D eigenvalue weighted by Crippen LogP contribution is 2.24. The van der Waals surface area contributed by atoms with E-state index in [-0.39, 0.29) is 34.3 Å². The fraction of sp³-hybridized carbons (Fsp3) is 0.556. The van der Waals surface area contributed by atoms with Gasteiger partial charge in [-0.15, -0.1) is 17.0 Å². The monoisotopic (exact) mass is 427 g/mol. The van der Waals surface area contributed by atoms with Crippen molar-refractivity contribution in [3.8, 4) is 5.75 Å². The molecule has 4 N–H and O–H groups in total. The van der Waals surface area contributed by atoms with Crippen molar-refractivity contribution in [2.24, 2.45) is 21.5 Å². The summed E-state index contributed by atoms with van der Waals surface area (Å²) in [6, 6.07) is 8.19. The number of hydrogen-bond donors (Lipinski definition) is 2. The fourth-order valence-electron chi connectivity index (χ4n) is 2.47. The summed E-state index contributed by atoms with van der Waals surface area (Å²) in [6.45, 7) is 11.3. The van der Waals surface area contributed by atoms with Crippen LogP contribution in [0, 0.1) is 0 Å². The second-order valence-electron chi connectivity index (χ2n) is 7.54. The summed E-state index contributed by atoms with van der Waals surface area (Å²) in [7, 11) is 0. The van der Waals surface area contributed by atoms with Crippen LogP contribution in [0.15, 0.2) is 34.3 Å². The molecule has 0 fully saturated rings. The zero-order valence-corrected chi connectivity index (χ0v) is 17.9. The van der Waals surface area contributed by atoms with E-state index in [4.69, 9.17) is 21.0 Å². The Balaban J connectivity index is 0.00000338. The van der Waals surface area contributed by atoms with Crippen molar-refractivity contribution in [2.45, 2.75) is 52.1 Å². The number of hydrogen-bond acceptors (Lipinski definition) is 7. The third-order valence-corrected chi connectivity index (χ3v) is 3.82. The van der Waals surface area contributed by atoms with E-state index in [9.17, 15) is 0 Å². The third kappa shape index (κ3) is 5.88. The van der Waals surface area contributed by atoms with Gasteiger partial charge in [0.25, 0.3) is 0 Å². The molecule has 0 spiro atoms. The van der Waals surface area contributed by atoms with E-state index < -0.39 is 5.66 Å². The molecule has 0 atom stereocenters. The van der Waals surface area contributed by atoms with Crippen LogP contribution in [0.4, 0.5) is 0 Å². The summed E-state index contributed by atoms with van der Waals surface area (Å²) in [5.41, 5.74) is 12.2. The van der Waals surface area contributed by atoms with Crippen molar-refractivity contribution in [3.63, 3.8) is 0 Å². The molecule has 0 aliphatic carbocycles. The number of nitrogens with zero attached hydrogens (tertiary/aromatic N) is 3. The van der Waals surface area contributed by atoms with E-state index >= 15 is 0 Å². The molecule has 0 radical (unpaired) electrons. The van der Waals surface area contributed by atoms with Crippen LogP contribution in [0.3, 0.4) is 0 Å². The maximum atomic E-state index is 5.86. The Labute approximate surface area is 166 Å². The topological polar surface area (TPSA) is 98.5 Å². The van der Waals surface area contributed by atoms with Crippen LogP contribution in [-0.4, -0.2) is 35.9 Å². The molecular weight excluding hydrogens is 398 g/mol. The molecule has 1 aliphatic rings. The molecule has 0 aromatic heterocycles. The molecule has 0 unspecified atom stereocenters. The van der Waals surface area contributed by atoms with Gasteiger partial charge in [0, 0.05) is 6.42 Å². The van der Waals surface area contributed by atoms with Crippen molar-refractivity contribution in [3.05, 3.63) is 29.8 Å². The number of halogens is 1. The second kappa shape index (κ2) is 8.73. The first-order chi connectivity index (χ1) is 11.6. The lowest BCUT2D eigenvalue weighted by Crippen LogP contribution is -2.53. The Kier molecular flexibility index (Phi) is 7.46. The summed E-state index contributed by atoms with van der Waals surface area (Å²) in [6.07, 6.45) is 0.708. The highest BCUT2D eigenvalue weighted by Gasteiger charge is 2.32. The Morgan fingerprint density at radius 3 is 2.23 bits per heavy atom. The number of guanidine groups is 2. The molecule has 1 aliphatic heterocycles. The van der Waals surface area contributed by atoms with Gasteiger partial charge in [-0.05, 0) is 37.0 Å². The normalized spacial score (nSPS) is 16.4. The smallest absolute Gasteiger partial charge is 0.226 e. The quantitative estimate of drug-likeness (QED) is 0.679. The third-order valence-electron chi connectivity index (χ3n) is 3.82. The summed E-state index contributed by atoms with van der Waals surface area (Å²) in [4.78, 5) is 13.8. The van der Waals surface area contributed by atoms with Gasteiger partial charge >= 0.3 is 0 Å². The van der Waals surface area contributed by atoms with Gasteiger partial charge in [0.1, 0.15) is 5.75 Å². The van der Waals surface area contributed by atoms with Crippen LogP contribution in [0.1, 0.15) is 46.6 Å². The Hall–Kier alpha value is -1.80. The van der Waals surface area contributed by atoms with Crippen molar-refractivity contribution in [1.82, 2.24) is 5.06 Å². The Morgan fingerprint density at radius 1 is 1.08 bits per heavy atom. The minimum atomic E-state index is -0.681. The molecule has 1 heterocycles. The molecule has 2 rings (SSSR count). The summed E-state index contributed by atoms with van der Waals surface area (Å²) in [5.74, 6) is 1.21. The van der Waals surface area contributed by atoms with E-state index in [1.165, 1.54) is 10.6 Å². The predicted molar refractivity (Wildman–Crippen MR) is 111 cm³/mol. The largest absolute Gasteiger partial charge is 0.494 e. The van der Waals surface area contributed by atoms with Crippen molar-refractivity contribution < 1.29 is 9.57 Å². The minimum Gasteiger partial charge on any atom is -0.494 e. The number of ether oxygens (including phenoxy) is 1. The molecule has 1 aromatic carbocycles. The van der Waals surface area contributed by atoms with Crippen LogP contribution in [-0.2, 0) is 10.3 Å². The lowest BCUT2D eigenvalue weighted by molar-refractivity contribution is -0.158. The molecule has 8 heteroatoms. The predicted octanol–water partition coefficient (Wildman–Crippen LogP) is 2.94. The Bertz CT molecular complexity index is 651. The molecular formula is C18H30BrN5O2. The molecule has 26 heavy (non-hydrogen) atoms. The van der Waals surface area contributed by atoms with E-state index in [1.54, 1.807) is 0 Å². The molecule has 1 aromatic rings. The van der Waals surface area contributed by atoms with Crippen molar-refractivity contribution in [1.29, 1.82) is 0 Å². The van der Waals surface area contributed by atoms with E-state index in [0.29, 0.717) is 19.6 Å². The molecule has 7 nitrogen and oxygen atoms in total. The molecule has 146 valence electrons. The van der Waals surface area contributed by atoms with Gasteiger partial charge in [0.05, 0.1) is 13.2 Å². The minimum absolute atomic E-state index is 0. The fourth-order valence-corrected chi connectivity index (χ4v) is 2.47. The van der Waals surface area contributed by atoms with Crippen molar-refractivity contribution in [2.75, 3.05) is 13.2 Å². The first-order valence-electron chi connectivity index (χ1n) is 8.45. The highest BCUT2D eigenvalue weighted by molar-refractivity contribution is 8.93. The van der Waals surface area contributed by atoms with Crippen molar-refractivity contribution >= 4 is 28.9 Å². The number of nitrogens with two attached hydrogens (primary N) is 2. The summed E-state index contributed by atoms with van der Waals surface area (Å²) >= 11 is 0. The molecule has 0 saturated carbocycles. The SMILES string of the molecule is Br.CC(C)(C)c1ccc(OCCCON2C(N)=NC(N)=NC2(C)C)cc1.